The van der Waals surface area contributed by atoms with Gasteiger partial charge in [-0.1, -0.05) is 0 Å². The number of rotatable bonds is 6. The maximum atomic E-state index is 10.7. The van der Waals surface area contributed by atoms with E-state index >= 15 is 0 Å². The van der Waals surface area contributed by atoms with Gasteiger partial charge < -0.3 is 17.2 Å². The molecule has 0 spiro atoms. The SMILES string of the molecule is NC(N)=Nc1nc(C(S)CCC(N)=NS(N)(=O)=O)cs1. The van der Waals surface area contributed by atoms with E-state index in [1.54, 1.807) is 5.38 Å². The zero-order valence-electron chi connectivity index (χ0n) is 10.3. The average molecular weight is 337 g/mol. The topological polar surface area (TPSA) is 176 Å². The van der Waals surface area contributed by atoms with Gasteiger partial charge in [-0.05, 0) is 6.42 Å². The van der Waals surface area contributed by atoms with Gasteiger partial charge in [0, 0.05) is 17.1 Å². The molecule has 20 heavy (non-hydrogen) atoms. The molecule has 0 aliphatic heterocycles. The second kappa shape index (κ2) is 6.88. The van der Waals surface area contributed by atoms with Crippen LogP contribution >= 0.6 is 24.0 Å². The van der Waals surface area contributed by atoms with E-state index < -0.39 is 10.2 Å². The molecule has 8 N–H and O–H groups in total. The van der Waals surface area contributed by atoms with E-state index in [1.807, 2.05) is 0 Å². The molecule has 12 heteroatoms. The molecule has 0 radical (unpaired) electrons. The van der Waals surface area contributed by atoms with Gasteiger partial charge in [-0.2, -0.15) is 26.0 Å². The summed E-state index contributed by atoms with van der Waals surface area (Å²) in [7, 11) is -3.97. The number of nitrogens with two attached hydrogens (primary N) is 4. The normalized spacial score (nSPS) is 14.0. The third-order valence-corrected chi connectivity index (χ3v) is 3.76. The van der Waals surface area contributed by atoms with Crippen molar-refractivity contribution in [2.45, 2.75) is 18.1 Å². The molecular weight excluding hydrogens is 322 g/mol. The maximum absolute atomic E-state index is 10.7. The highest BCUT2D eigenvalue weighted by atomic mass is 32.2. The molecule has 0 aliphatic carbocycles. The lowest BCUT2D eigenvalue weighted by Gasteiger charge is -2.06. The van der Waals surface area contributed by atoms with Crippen LogP contribution in [0.5, 0.6) is 0 Å². The van der Waals surface area contributed by atoms with Crippen molar-refractivity contribution < 1.29 is 8.42 Å². The molecule has 1 heterocycles. The van der Waals surface area contributed by atoms with Crippen molar-refractivity contribution in [3.8, 4) is 0 Å². The van der Waals surface area contributed by atoms with Crippen LogP contribution in [0.25, 0.3) is 0 Å². The Morgan fingerprint density at radius 3 is 2.65 bits per heavy atom. The molecule has 1 aromatic heterocycles. The van der Waals surface area contributed by atoms with E-state index in [9.17, 15) is 8.42 Å². The summed E-state index contributed by atoms with van der Waals surface area (Å²) in [5, 5.41) is 6.67. The summed E-state index contributed by atoms with van der Waals surface area (Å²) < 4.78 is 24.6. The number of nitrogens with zero attached hydrogens (tertiary/aromatic N) is 3. The van der Waals surface area contributed by atoms with Crippen molar-refractivity contribution in [1.82, 2.24) is 4.98 Å². The van der Waals surface area contributed by atoms with Crippen LogP contribution in [0.4, 0.5) is 5.13 Å². The third-order valence-electron chi connectivity index (χ3n) is 1.99. The van der Waals surface area contributed by atoms with Crippen LogP contribution in [0.15, 0.2) is 14.8 Å². The standard InChI is InChI=1S/C8H15N7O2S3/c9-6(15-20(12,16)17)2-1-5(18)4-3-19-8(13-4)14-7(10)11/h3,5,18H,1-2H2,(H2,9,15)(H2,12,16,17)(H4,10,11,13,14). The molecule has 1 aromatic rings. The minimum absolute atomic E-state index is 0.0776. The Labute approximate surface area is 125 Å². The Morgan fingerprint density at radius 1 is 1.45 bits per heavy atom. The number of thiol groups is 1. The fraction of sp³-hybridized carbons (Fsp3) is 0.375. The zero-order valence-corrected chi connectivity index (χ0v) is 12.8. The van der Waals surface area contributed by atoms with E-state index in [1.165, 1.54) is 11.3 Å². The first-order valence-electron chi connectivity index (χ1n) is 5.27. The highest BCUT2D eigenvalue weighted by Crippen LogP contribution is 2.29. The first-order valence-corrected chi connectivity index (χ1v) is 8.17. The molecule has 0 fully saturated rings. The number of hydrogen-bond acceptors (Lipinski definition) is 6. The molecule has 0 aromatic carbocycles. The number of thiazole rings is 1. The van der Waals surface area contributed by atoms with Crippen molar-refractivity contribution in [2.24, 2.45) is 31.7 Å². The average Bonchev–Trinajstić information content (AvgIpc) is 2.71. The summed E-state index contributed by atoms with van der Waals surface area (Å²) in [5.74, 6) is -0.155. The Hall–Kier alpha value is -1.37. The maximum Gasteiger partial charge on any atom is 0.318 e. The number of aromatic nitrogens is 1. The lowest BCUT2D eigenvalue weighted by molar-refractivity contribution is 0.599. The molecule has 0 saturated carbocycles. The summed E-state index contributed by atoms with van der Waals surface area (Å²) in [5.41, 5.74) is 16.6. The van der Waals surface area contributed by atoms with Crippen molar-refractivity contribution in [1.29, 1.82) is 0 Å². The third kappa shape index (κ3) is 6.18. The minimum atomic E-state index is -3.97. The van der Waals surface area contributed by atoms with E-state index in [4.69, 9.17) is 22.3 Å². The van der Waals surface area contributed by atoms with Gasteiger partial charge in [-0.25, -0.2) is 10.1 Å². The van der Waals surface area contributed by atoms with E-state index in [-0.39, 0.29) is 23.5 Å². The van der Waals surface area contributed by atoms with Crippen LogP contribution in [0.3, 0.4) is 0 Å². The van der Waals surface area contributed by atoms with Gasteiger partial charge in [-0.15, -0.1) is 15.7 Å². The fourth-order valence-corrected chi connectivity index (χ4v) is 2.77. The lowest BCUT2D eigenvalue weighted by Crippen LogP contribution is -2.21. The zero-order chi connectivity index (χ0) is 15.3. The Morgan fingerprint density at radius 2 is 2.10 bits per heavy atom. The number of amidine groups is 1. The van der Waals surface area contributed by atoms with Crippen LogP contribution in [-0.2, 0) is 10.2 Å². The smallest absolute Gasteiger partial charge is 0.318 e. The lowest BCUT2D eigenvalue weighted by atomic mass is 10.2. The van der Waals surface area contributed by atoms with Gasteiger partial charge in [0.25, 0.3) is 0 Å². The molecule has 0 aliphatic rings. The molecule has 0 saturated heterocycles. The van der Waals surface area contributed by atoms with E-state index in [0.29, 0.717) is 17.2 Å². The summed E-state index contributed by atoms with van der Waals surface area (Å²) >= 11 is 5.62. The van der Waals surface area contributed by atoms with Crippen molar-refractivity contribution in [3.05, 3.63) is 11.1 Å². The van der Waals surface area contributed by atoms with Crippen LogP contribution in [0, 0.1) is 0 Å². The molecular formula is C8H15N7O2S3. The molecule has 9 nitrogen and oxygen atoms in total. The first kappa shape index (κ1) is 16.7. The summed E-state index contributed by atoms with van der Waals surface area (Å²) in [6.07, 6.45) is 0.665. The van der Waals surface area contributed by atoms with Gasteiger partial charge in [0.05, 0.1) is 5.69 Å². The van der Waals surface area contributed by atoms with Crippen molar-refractivity contribution in [2.75, 3.05) is 0 Å². The first-order chi connectivity index (χ1) is 9.17. The van der Waals surface area contributed by atoms with Gasteiger partial charge >= 0.3 is 10.2 Å². The van der Waals surface area contributed by atoms with Gasteiger partial charge in [-0.3, -0.25) is 0 Å². The van der Waals surface area contributed by atoms with Gasteiger partial charge in [0.1, 0.15) is 5.84 Å². The van der Waals surface area contributed by atoms with Crippen LogP contribution in [-0.4, -0.2) is 25.2 Å². The van der Waals surface area contributed by atoms with E-state index in [0.717, 1.165) is 0 Å². The summed E-state index contributed by atoms with van der Waals surface area (Å²) in [6, 6.07) is 0. The highest BCUT2D eigenvalue weighted by molar-refractivity contribution is 7.88. The monoisotopic (exact) mass is 337 g/mol. The van der Waals surface area contributed by atoms with Crippen LogP contribution in [0.2, 0.25) is 0 Å². The Balaban J connectivity index is 2.64. The molecule has 1 atom stereocenters. The minimum Gasteiger partial charge on any atom is -0.386 e. The molecule has 112 valence electrons. The molecule has 1 rings (SSSR count). The number of aliphatic imine (C=N–C) groups is 1. The second-order valence-electron chi connectivity index (χ2n) is 3.74. The molecule has 1 unspecified atom stereocenters. The fourth-order valence-electron chi connectivity index (χ4n) is 1.23. The summed E-state index contributed by atoms with van der Waals surface area (Å²) in [4.78, 5) is 7.98. The van der Waals surface area contributed by atoms with Crippen molar-refractivity contribution in [3.63, 3.8) is 0 Å². The summed E-state index contributed by atoms with van der Waals surface area (Å²) in [6.45, 7) is 0. The molecule has 0 bridgehead atoms. The van der Waals surface area contributed by atoms with Crippen molar-refractivity contribution >= 4 is 51.1 Å². The quantitative estimate of drug-likeness (QED) is 0.262. The van der Waals surface area contributed by atoms with E-state index in [2.05, 4.69) is 27.0 Å². The van der Waals surface area contributed by atoms with Gasteiger partial charge in [0.15, 0.2) is 5.96 Å². The Bertz CT molecular complexity index is 618. The Kier molecular flexibility index (Phi) is 5.74. The number of guanidine groups is 1. The predicted molar refractivity (Wildman–Crippen MR) is 83.3 cm³/mol. The molecule has 0 amide bonds. The van der Waals surface area contributed by atoms with Gasteiger partial charge in [0.2, 0.25) is 5.13 Å². The predicted octanol–water partition coefficient (Wildman–Crippen LogP) is -0.640. The number of hydrogen-bond donors (Lipinski definition) is 5. The largest absolute Gasteiger partial charge is 0.386 e. The van der Waals surface area contributed by atoms with Crippen LogP contribution < -0.4 is 22.3 Å². The second-order valence-corrected chi connectivity index (χ2v) is 6.42. The van der Waals surface area contributed by atoms with Crippen LogP contribution in [0.1, 0.15) is 23.8 Å². The highest BCUT2D eigenvalue weighted by Gasteiger charge is 2.12.